The summed E-state index contributed by atoms with van der Waals surface area (Å²) in [7, 11) is 0. The zero-order valence-electron chi connectivity index (χ0n) is 11.5. The Labute approximate surface area is 128 Å². The van der Waals surface area contributed by atoms with Crippen LogP contribution in [-0.2, 0) is 4.79 Å². The molecule has 0 aromatic heterocycles. The van der Waals surface area contributed by atoms with Gasteiger partial charge in [0.25, 0.3) is 5.91 Å². The van der Waals surface area contributed by atoms with Crippen molar-refractivity contribution in [3.8, 4) is 0 Å². The fourth-order valence-corrected chi connectivity index (χ4v) is 1.94. The van der Waals surface area contributed by atoms with Gasteiger partial charge in [0.05, 0.1) is 0 Å². The van der Waals surface area contributed by atoms with Crippen molar-refractivity contribution >= 4 is 35.1 Å². The molecular formula is C17H14ClNO2. The SMILES string of the molecule is CC(=O)c1cccc(NC(=O)/C(Cl)=C/c2ccccc2)c1. The molecule has 2 aromatic rings. The van der Waals surface area contributed by atoms with Crippen LogP contribution in [-0.4, -0.2) is 11.7 Å². The van der Waals surface area contributed by atoms with E-state index in [-0.39, 0.29) is 10.8 Å². The zero-order valence-corrected chi connectivity index (χ0v) is 12.2. The van der Waals surface area contributed by atoms with Gasteiger partial charge in [-0.2, -0.15) is 0 Å². The van der Waals surface area contributed by atoms with Gasteiger partial charge in [0, 0.05) is 11.3 Å². The third-order valence-electron chi connectivity index (χ3n) is 2.84. The lowest BCUT2D eigenvalue weighted by Gasteiger charge is -2.05. The number of benzene rings is 2. The normalized spacial score (nSPS) is 11.0. The number of halogens is 1. The van der Waals surface area contributed by atoms with Crippen molar-refractivity contribution in [3.05, 3.63) is 70.8 Å². The number of anilines is 1. The molecule has 0 aliphatic carbocycles. The summed E-state index contributed by atoms with van der Waals surface area (Å²) >= 11 is 6.00. The maximum Gasteiger partial charge on any atom is 0.267 e. The second-order valence-corrected chi connectivity index (χ2v) is 4.90. The Morgan fingerprint density at radius 3 is 2.43 bits per heavy atom. The first-order valence-electron chi connectivity index (χ1n) is 6.41. The van der Waals surface area contributed by atoms with E-state index < -0.39 is 5.91 Å². The Morgan fingerprint density at radius 2 is 1.76 bits per heavy atom. The molecular weight excluding hydrogens is 286 g/mol. The number of hydrogen-bond donors (Lipinski definition) is 1. The van der Waals surface area contributed by atoms with E-state index >= 15 is 0 Å². The lowest BCUT2D eigenvalue weighted by Crippen LogP contribution is -2.11. The zero-order chi connectivity index (χ0) is 15.2. The second kappa shape index (κ2) is 6.86. The van der Waals surface area contributed by atoms with Crippen LogP contribution in [0.2, 0.25) is 0 Å². The maximum absolute atomic E-state index is 12.0. The van der Waals surface area contributed by atoms with E-state index in [1.807, 2.05) is 30.3 Å². The monoisotopic (exact) mass is 299 g/mol. The fraction of sp³-hybridized carbons (Fsp3) is 0.0588. The summed E-state index contributed by atoms with van der Waals surface area (Å²) in [6, 6.07) is 16.1. The number of Topliss-reactive ketones (excluding diaryl/α,β-unsaturated/α-hetero) is 1. The van der Waals surface area contributed by atoms with Crippen molar-refractivity contribution in [2.75, 3.05) is 5.32 Å². The molecule has 0 saturated carbocycles. The molecule has 106 valence electrons. The molecule has 0 atom stereocenters. The summed E-state index contributed by atoms with van der Waals surface area (Å²) in [5, 5.41) is 2.74. The number of carbonyl (C=O) groups excluding carboxylic acids is 2. The number of rotatable bonds is 4. The van der Waals surface area contributed by atoms with Crippen LogP contribution < -0.4 is 5.32 Å². The Morgan fingerprint density at radius 1 is 1.05 bits per heavy atom. The molecule has 0 heterocycles. The molecule has 3 nitrogen and oxygen atoms in total. The van der Waals surface area contributed by atoms with Gasteiger partial charge in [-0.1, -0.05) is 54.1 Å². The van der Waals surface area contributed by atoms with Crippen molar-refractivity contribution in [1.29, 1.82) is 0 Å². The average molecular weight is 300 g/mol. The van der Waals surface area contributed by atoms with E-state index in [2.05, 4.69) is 5.32 Å². The minimum absolute atomic E-state index is 0.0583. The molecule has 2 aromatic carbocycles. The maximum atomic E-state index is 12.0. The lowest BCUT2D eigenvalue weighted by molar-refractivity contribution is -0.112. The van der Waals surface area contributed by atoms with Crippen LogP contribution in [0.25, 0.3) is 6.08 Å². The van der Waals surface area contributed by atoms with Crippen LogP contribution in [0, 0.1) is 0 Å². The Hall–Kier alpha value is -2.39. The highest BCUT2D eigenvalue weighted by molar-refractivity contribution is 6.45. The number of ketones is 1. The third kappa shape index (κ3) is 4.29. The minimum Gasteiger partial charge on any atom is -0.321 e. The van der Waals surface area contributed by atoms with Gasteiger partial charge in [0.2, 0.25) is 0 Å². The number of amides is 1. The van der Waals surface area contributed by atoms with E-state index in [1.54, 1.807) is 30.3 Å². The molecule has 0 saturated heterocycles. The van der Waals surface area contributed by atoms with Crippen molar-refractivity contribution in [3.63, 3.8) is 0 Å². The second-order valence-electron chi connectivity index (χ2n) is 4.49. The molecule has 0 bridgehead atoms. The first-order chi connectivity index (χ1) is 10.1. The van der Waals surface area contributed by atoms with Crippen LogP contribution in [0.5, 0.6) is 0 Å². The highest BCUT2D eigenvalue weighted by atomic mass is 35.5. The van der Waals surface area contributed by atoms with Gasteiger partial charge in [-0.15, -0.1) is 0 Å². The van der Waals surface area contributed by atoms with E-state index in [4.69, 9.17) is 11.6 Å². The van der Waals surface area contributed by atoms with Crippen LogP contribution in [0.4, 0.5) is 5.69 Å². The molecule has 0 radical (unpaired) electrons. The third-order valence-corrected chi connectivity index (χ3v) is 3.12. The Kier molecular flexibility index (Phi) is 4.90. The predicted octanol–water partition coefficient (Wildman–Crippen LogP) is 4.11. The van der Waals surface area contributed by atoms with E-state index in [0.29, 0.717) is 11.3 Å². The molecule has 1 N–H and O–H groups in total. The summed E-state index contributed by atoms with van der Waals surface area (Å²) < 4.78 is 0. The van der Waals surface area contributed by atoms with Gasteiger partial charge < -0.3 is 5.32 Å². The average Bonchev–Trinajstić information content (AvgIpc) is 2.48. The van der Waals surface area contributed by atoms with Crippen molar-refractivity contribution < 1.29 is 9.59 Å². The predicted molar refractivity (Wildman–Crippen MR) is 85.3 cm³/mol. The summed E-state index contributed by atoms with van der Waals surface area (Å²) in [6.07, 6.45) is 1.59. The van der Waals surface area contributed by atoms with Crippen LogP contribution in [0.1, 0.15) is 22.8 Å². The minimum atomic E-state index is -0.416. The van der Waals surface area contributed by atoms with Crippen molar-refractivity contribution in [1.82, 2.24) is 0 Å². The van der Waals surface area contributed by atoms with E-state index in [0.717, 1.165) is 5.56 Å². The first kappa shape index (κ1) is 15.0. The summed E-state index contributed by atoms with van der Waals surface area (Å²) in [5.74, 6) is -0.474. The van der Waals surface area contributed by atoms with Gasteiger partial charge >= 0.3 is 0 Å². The number of carbonyl (C=O) groups is 2. The van der Waals surface area contributed by atoms with Gasteiger partial charge in [0.1, 0.15) is 5.03 Å². The molecule has 0 fully saturated rings. The Balaban J connectivity index is 2.12. The van der Waals surface area contributed by atoms with Crippen molar-refractivity contribution in [2.45, 2.75) is 6.92 Å². The molecule has 2 rings (SSSR count). The Bertz CT molecular complexity index is 693. The van der Waals surface area contributed by atoms with Crippen molar-refractivity contribution in [2.24, 2.45) is 0 Å². The summed E-state index contributed by atoms with van der Waals surface area (Å²) in [6.45, 7) is 1.48. The van der Waals surface area contributed by atoms with Gasteiger partial charge in [-0.25, -0.2) is 0 Å². The number of nitrogens with one attached hydrogen (secondary N) is 1. The summed E-state index contributed by atoms with van der Waals surface area (Å²) in [5.41, 5.74) is 1.92. The smallest absolute Gasteiger partial charge is 0.267 e. The molecule has 1 amide bonds. The molecule has 0 spiro atoms. The summed E-state index contributed by atoms with van der Waals surface area (Å²) in [4.78, 5) is 23.3. The first-order valence-corrected chi connectivity index (χ1v) is 6.78. The molecule has 21 heavy (non-hydrogen) atoms. The topological polar surface area (TPSA) is 46.2 Å². The molecule has 0 aliphatic heterocycles. The quantitative estimate of drug-likeness (QED) is 0.682. The highest BCUT2D eigenvalue weighted by Crippen LogP contribution is 2.15. The van der Waals surface area contributed by atoms with Crippen LogP contribution in [0.3, 0.4) is 0 Å². The number of hydrogen-bond acceptors (Lipinski definition) is 2. The van der Waals surface area contributed by atoms with E-state index in [9.17, 15) is 9.59 Å². The van der Waals surface area contributed by atoms with Crippen LogP contribution >= 0.6 is 11.6 Å². The van der Waals surface area contributed by atoms with Gasteiger partial charge in [-0.3, -0.25) is 9.59 Å². The fourth-order valence-electron chi connectivity index (χ4n) is 1.77. The molecule has 4 heteroatoms. The lowest BCUT2D eigenvalue weighted by atomic mass is 10.1. The van der Waals surface area contributed by atoms with Crippen LogP contribution in [0.15, 0.2) is 59.6 Å². The van der Waals surface area contributed by atoms with Gasteiger partial charge in [0.15, 0.2) is 5.78 Å². The molecule has 0 aliphatic rings. The highest BCUT2D eigenvalue weighted by Gasteiger charge is 2.08. The standard InChI is InChI=1S/C17H14ClNO2/c1-12(20)14-8-5-9-15(11-14)19-17(21)16(18)10-13-6-3-2-4-7-13/h2-11H,1H3,(H,19,21)/b16-10-. The largest absolute Gasteiger partial charge is 0.321 e. The molecule has 0 unspecified atom stereocenters. The van der Waals surface area contributed by atoms with Gasteiger partial charge in [-0.05, 0) is 30.7 Å². The van der Waals surface area contributed by atoms with E-state index in [1.165, 1.54) is 6.92 Å².